The molecule has 2 saturated heterocycles. The zero-order valence-electron chi connectivity index (χ0n) is 23.0. The van der Waals surface area contributed by atoms with Gasteiger partial charge in [0.1, 0.15) is 35.3 Å². The van der Waals surface area contributed by atoms with Crippen LogP contribution in [-0.2, 0) is 20.9 Å². The van der Waals surface area contributed by atoms with Crippen molar-refractivity contribution in [2.24, 2.45) is 0 Å². The standard InChI is InChI=1S/C27H32F3N5O6S/c1-2-39-20-15-22(33-26-23(20)18(16-31-26)27(28,29)30)32-19-3-4-21(25-24(19)40-13-14-41-25)42(36,37)35-7-5-17(6-8-35)34-9-11-38-12-10-34/h3-4,15-17H,2,5-14H2,1H3,(H2,31,32,33). The Morgan fingerprint density at radius 3 is 2.48 bits per heavy atom. The van der Waals surface area contributed by atoms with Crippen molar-refractivity contribution >= 4 is 32.6 Å². The third kappa shape index (κ3) is 5.45. The molecule has 2 fully saturated rings. The molecule has 0 aliphatic carbocycles. The normalized spacial score (nSPS) is 19.2. The SMILES string of the molecule is CCOc1cc(Nc2ccc(S(=O)(=O)N3CCC(N4CCOCC4)CC3)c3c2OCCO3)nc2[nH]cc(C(F)(F)F)c12. The van der Waals surface area contributed by atoms with Gasteiger partial charge in [0.05, 0.1) is 36.5 Å². The van der Waals surface area contributed by atoms with Crippen molar-refractivity contribution in [2.45, 2.75) is 36.9 Å². The summed E-state index contributed by atoms with van der Waals surface area (Å²) in [4.78, 5) is 9.25. The largest absolute Gasteiger partial charge is 0.493 e. The minimum Gasteiger partial charge on any atom is -0.493 e. The van der Waals surface area contributed by atoms with E-state index in [1.807, 2.05) is 0 Å². The Labute approximate surface area is 240 Å². The van der Waals surface area contributed by atoms with Crippen molar-refractivity contribution in [1.29, 1.82) is 0 Å². The molecule has 5 heterocycles. The molecule has 0 saturated carbocycles. The number of hydrogen-bond donors (Lipinski definition) is 2. The zero-order chi connectivity index (χ0) is 29.5. The summed E-state index contributed by atoms with van der Waals surface area (Å²) in [6.45, 7) is 6.04. The lowest BCUT2D eigenvalue weighted by atomic mass is 10.0. The molecule has 3 aliphatic rings. The number of fused-ring (bicyclic) bond motifs is 2. The lowest BCUT2D eigenvalue weighted by Crippen LogP contribution is -2.50. The lowest BCUT2D eigenvalue weighted by Gasteiger charge is -2.39. The van der Waals surface area contributed by atoms with Crippen molar-refractivity contribution in [3.8, 4) is 17.2 Å². The summed E-state index contributed by atoms with van der Waals surface area (Å²) in [5.41, 5.74) is -0.536. The van der Waals surface area contributed by atoms with Gasteiger partial charge in [-0.05, 0) is 31.9 Å². The van der Waals surface area contributed by atoms with Gasteiger partial charge in [0.15, 0.2) is 11.5 Å². The van der Waals surface area contributed by atoms with Gasteiger partial charge in [-0.15, -0.1) is 0 Å². The van der Waals surface area contributed by atoms with Gasteiger partial charge in [-0.25, -0.2) is 13.4 Å². The Hall–Kier alpha value is -3.27. The van der Waals surface area contributed by atoms with E-state index in [2.05, 4.69) is 20.2 Å². The summed E-state index contributed by atoms with van der Waals surface area (Å²) in [6, 6.07) is 4.69. The number of rotatable bonds is 7. The van der Waals surface area contributed by atoms with Gasteiger partial charge < -0.3 is 29.2 Å². The van der Waals surface area contributed by atoms with Gasteiger partial charge >= 0.3 is 6.18 Å². The first-order valence-corrected chi connectivity index (χ1v) is 15.3. The molecule has 0 unspecified atom stereocenters. The van der Waals surface area contributed by atoms with Gasteiger partial charge in [-0.3, -0.25) is 4.90 Å². The molecule has 3 aliphatic heterocycles. The maximum Gasteiger partial charge on any atom is 0.418 e. The second-order valence-electron chi connectivity index (χ2n) is 10.2. The zero-order valence-corrected chi connectivity index (χ0v) is 23.8. The molecular weight excluding hydrogens is 579 g/mol. The molecule has 42 heavy (non-hydrogen) atoms. The number of piperidine rings is 1. The van der Waals surface area contributed by atoms with E-state index in [9.17, 15) is 21.6 Å². The number of sulfonamides is 1. The topological polar surface area (TPSA) is 118 Å². The number of aromatic amines is 1. The van der Waals surface area contributed by atoms with Crippen molar-refractivity contribution in [1.82, 2.24) is 19.2 Å². The van der Waals surface area contributed by atoms with E-state index in [0.29, 0.717) is 38.0 Å². The number of aromatic nitrogens is 2. The number of hydrogen-bond acceptors (Lipinski definition) is 9. The van der Waals surface area contributed by atoms with Crippen LogP contribution in [0, 0.1) is 0 Å². The molecule has 0 radical (unpaired) electrons. The van der Waals surface area contributed by atoms with Crippen LogP contribution < -0.4 is 19.5 Å². The van der Waals surface area contributed by atoms with Crippen LogP contribution >= 0.6 is 0 Å². The van der Waals surface area contributed by atoms with E-state index >= 15 is 0 Å². The third-order valence-corrected chi connectivity index (χ3v) is 9.65. The summed E-state index contributed by atoms with van der Waals surface area (Å²) in [5.74, 6) is 0.461. The fraction of sp³-hybridized carbons (Fsp3) is 0.519. The van der Waals surface area contributed by atoms with E-state index < -0.39 is 21.8 Å². The van der Waals surface area contributed by atoms with E-state index in [4.69, 9.17) is 18.9 Å². The molecule has 2 N–H and O–H groups in total. The van der Waals surface area contributed by atoms with Gasteiger partial charge in [0.2, 0.25) is 10.0 Å². The summed E-state index contributed by atoms with van der Waals surface area (Å²) in [6.07, 6.45) is -2.29. The van der Waals surface area contributed by atoms with Crippen molar-refractivity contribution in [3.63, 3.8) is 0 Å². The Bertz CT molecular complexity index is 1550. The van der Waals surface area contributed by atoms with Crippen molar-refractivity contribution < 1.29 is 40.5 Å². The molecule has 11 nitrogen and oxygen atoms in total. The Balaban J connectivity index is 1.28. The second-order valence-corrected chi connectivity index (χ2v) is 12.1. The fourth-order valence-corrected chi connectivity index (χ4v) is 7.33. The Morgan fingerprint density at radius 2 is 1.79 bits per heavy atom. The highest BCUT2D eigenvalue weighted by molar-refractivity contribution is 7.89. The number of ether oxygens (including phenoxy) is 4. The smallest absolute Gasteiger partial charge is 0.418 e. The molecule has 1 aromatic carbocycles. The lowest BCUT2D eigenvalue weighted by molar-refractivity contribution is -0.136. The molecule has 0 amide bonds. The summed E-state index contributed by atoms with van der Waals surface area (Å²) < 4.78 is 92.4. The predicted molar refractivity (Wildman–Crippen MR) is 147 cm³/mol. The van der Waals surface area contributed by atoms with Gasteiger partial charge in [-0.1, -0.05) is 0 Å². The first-order valence-electron chi connectivity index (χ1n) is 13.9. The quantitative estimate of drug-likeness (QED) is 0.409. The van der Waals surface area contributed by atoms with E-state index in [0.717, 1.165) is 32.1 Å². The third-order valence-electron chi connectivity index (χ3n) is 7.73. The van der Waals surface area contributed by atoms with E-state index in [1.165, 1.54) is 16.4 Å². The van der Waals surface area contributed by atoms with Crippen LogP contribution in [0.5, 0.6) is 17.2 Å². The molecule has 0 bridgehead atoms. The van der Waals surface area contributed by atoms with Crippen LogP contribution in [0.15, 0.2) is 29.3 Å². The first kappa shape index (κ1) is 28.8. The van der Waals surface area contributed by atoms with Gasteiger partial charge in [-0.2, -0.15) is 17.5 Å². The summed E-state index contributed by atoms with van der Waals surface area (Å²) in [5, 5.41) is 2.88. The van der Waals surface area contributed by atoms with E-state index in [-0.39, 0.29) is 58.8 Å². The van der Waals surface area contributed by atoms with Crippen LogP contribution in [0.4, 0.5) is 24.7 Å². The monoisotopic (exact) mass is 611 g/mol. The first-order chi connectivity index (χ1) is 20.2. The average molecular weight is 612 g/mol. The van der Waals surface area contributed by atoms with Crippen LogP contribution in [0.25, 0.3) is 11.0 Å². The molecule has 2 aromatic heterocycles. The van der Waals surface area contributed by atoms with Crippen molar-refractivity contribution in [3.05, 3.63) is 30.0 Å². The number of H-pyrrole nitrogens is 1. The number of pyridine rings is 1. The van der Waals surface area contributed by atoms with Crippen LogP contribution in [0.3, 0.4) is 0 Å². The average Bonchev–Trinajstić information content (AvgIpc) is 3.43. The predicted octanol–water partition coefficient (Wildman–Crippen LogP) is 3.98. The molecule has 15 heteroatoms. The highest BCUT2D eigenvalue weighted by Crippen LogP contribution is 2.45. The van der Waals surface area contributed by atoms with Crippen molar-refractivity contribution in [2.75, 3.05) is 64.5 Å². The summed E-state index contributed by atoms with van der Waals surface area (Å²) in [7, 11) is -3.89. The highest BCUT2D eigenvalue weighted by atomic mass is 32.2. The number of nitrogens with one attached hydrogen (secondary N) is 2. The van der Waals surface area contributed by atoms with Gasteiger partial charge in [0, 0.05) is 44.5 Å². The number of nitrogens with zero attached hydrogens (tertiary/aromatic N) is 3. The van der Waals surface area contributed by atoms with Gasteiger partial charge in [0.25, 0.3) is 0 Å². The van der Waals surface area contributed by atoms with E-state index in [1.54, 1.807) is 13.0 Å². The molecule has 228 valence electrons. The number of morpholine rings is 1. The number of alkyl halides is 3. The second kappa shape index (κ2) is 11.4. The molecular formula is C27H32F3N5O6S. The molecule has 3 aromatic rings. The molecule has 0 spiro atoms. The highest BCUT2D eigenvalue weighted by Gasteiger charge is 2.37. The Kier molecular flexibility index (Phi) is 7.85. The minimum atomic E-state index is -4.59. The van der Waals surface area contributed by atoms with Crippen LogP contribution in [0.1, 0.15) is 25.3 Å². The van der Waals surface area contributed by atoms with Crippen LogP contribution in [-0.4, -0.2) is 92.8 Å². The van der Waals surface area contributed by atoms with Crippen LogP contribution in [0.2, 0.25) is 0 Å². The molecule has 0 atom stereocenters. The summed E-state index contributed by atoms with van der Waals surface area (Å²) >= 11 is 0. The minimum absolute atomic E-state index is 0.00397. The maximum absolute atomic E-state index is 13.8. The number of anilines is 2. The molecule has 6 rings (SSSR count). The number of halogens is 3. The maximum atomic E-state index is 13.8. The number of benzene rings is 1. The fourth-order valence-electron chi connectivity index (χ4n) is 5.74. The Morgan fingerprint density at radius 1 is 1.07 bits per heavy atom.